The van der Waals surface area contributed by atoms with Gasteiger partial charge in [-0.15, -0.1) is 0 Å². The Balaban J connectivity index is 1.79. The minimum atomic E-state index is 0.466. The van der Waals surface area contributed by atoms with Crippen molar-refractivity contribution in [3.8, 4) is 11.8 Å². The molecule has 0 saturated heterocycles. The van der Waals surface area contributed by atoms with Gasteiger partial charge < -0.3 is 9.47 Å². The summed E-state index contributed by atoms with van der Waals surface area (Å²) in [5, 5.41) is 8.93. The van der Waals surface area contributed by atoms with Crippen molar-refractivity contribution in [2.45, 2.75) is 19.4 Å². The van der Waals surface area contributed by atoms with E-state index in [1.807, 2.05) is 12.1 Å². The van der Waals surface area contributed by atoms with Crippen molar-refractivity contribution in [1.82, 2.24) is 0 Å². The summed E-state index contributed by atoms with van der Waals surface area (Å²) in [7, 11) is 1.63. The summed E-state index contributed by atoms with van der Waals surface area (Å²) in [6, 6.07) is 17.9. The number of hydrogen-bond donors (Lipinski definition) is 0. The minimum absolute atomic E-state index is 0.466. The Bertz CT molecular complexity index is 602. The second-order valence-electron chi connectivity index (χ2n) is 4.78. The van der Waals surface area contributed by atoms with Crippen molar-refractivity contribution in [2.75, 3.05) is 13.7 Å². The smallest absolute Gasteiger partial charge is 0.124 e. The molecule has 0 aliphatic rings. The van der Waals surface area contributed by atoms with Crippen molar-refractivity contribution in [1.29, 1.82) is 5.26 Å². The molecular weight excluding hydrogens is 262 g/mol. The van der Waals surface area contributed by atoms with E-state index in [-0.39, 0.29) is 0 Å². The van der Waals surface area contributed by atoms with Crippen LogP contribution in [-0.4, -0.2) is 13.7 Å². The molecule has 0 amide bonds. The quantitative estimate of drug-likeness (QED) is 0.726. The molecule has 21 heavy (non-hydrogen) atoms. The molecule has 0 spiro atoms. The van der Waals surface area contributed by atoms with Gasteiger partial charge in [-0.05, 0) is 36.6 Å². The zero-order chi connectivity index (χ0) is 14.9. The molecule has 0 aliphatic carbocycles. The lowest BCUT2D eigenvalue weighted by Crippen LogP contribution is -2.00. The highest BCUT2D eigenvalue weighted by molar-refractivity contribution is 5.41. The Hall–Kier alpha value is -2.31. The van der Waals surface area contributed by atoms with E-state index in [0.717, 1.165) is 24.2 Å². The lowest BCUT2D eigenvalue weighted by molar-refractivity contribution is 0.117. The van der Waals surface area contributed by atoms with Crippen molar-refractivity contribution < 1.29 is 9.47 Å². The third kappa shape index (κ3) is 4.62. The van der Waals surface area contributed by atoms with E-state index in [0.29, 0.717) is 18.8 Å². The topological polar surface area (TPSA) is 42.2 Å². The summed E-state index contributed by atoms with van der Waals surface area (Å²) < 4.78 is 11.0. The van der Waals surface area contributed by atoms with Crippen molar-refractivity contribution >= 4 is 0 Å². The molecule has 2 aromatic rings. The van der Waals surface area contributed by atoms with Gasteiger partial charge in [-0.3, -0.25) is 0 Å². The van der Waals surface area contributed by atoms with E-state index >= 15 is 0 Å². The number of methoxy groups -OCH3 is 1. The normalized spacial score (nSPS) is 10.1. The number of nitriles is 1. The summed E-state index contributed by atoms with van der Waals surface area (Å²) in [5.74, 6) is 0.761. The molecule has 108 valence electrons. The molecule has 0 radical (unpaired) electrons. The fourth-order valence-electron chi connectivity index (χ4n) is 2.17. The van der Waals surface area contributed by atoms with E-state index in [9.17, 15) is 0 Å². The second kappa shape index (κ2) is 8.08. The zero-order valence-corrected chi connectivity index (χ0v) is 12.2. The predicted molar refractivity (Wildman–Crippen MR) is 82.1 cm³/mol. The molecule has 3 heteroatoms. The Morgan fingerprint density at radius 2 is 1.90 bits per heavy atom. The molecule has 0 N–H and O–H groups in total. The molecule has 2 rings (SSSR count). The first-order chi connectivity index (χ1) is 10.3. The van der Waals surface area contributed by atoms with Gasteiger partial charge in [-0.25, -0.2) is 0 Å². The number of aryl methyl sites for hydroxylation is 1. The lowest BCUT2D eigenvalue weighted by Gasteiger charge is -2.09. The molecule has 0 aromatic heterocycles. The van der Waals surface area contributed by atoms with Gasteiger partial charge in [0.1, 0.15) is 5.75 Å². The van der Waals surface area contributed by atoms with Gasteiger partial charge in [0.05, 0.1) is 25.3 Å². The number of nitrogens with zero attached hydrogens (tertiary/aromatic N) is 1. The van der Waals surface area contributed by atoms with Crippen LogP contribution in [0.5, 0.6) is 5.75 Å². The average Bonchev–Trinajstić information content (AvgIpc) is 2.55. The highest BCUT2D eigenvalue weighted by Gasteiger charge is 2.04. The Morgan fingerprint density at radius 3 is 2.62 bits per heavy atom. The van der Waals surface area contributed by atoms with Crippen LogP contribution in [0, 0.1) is 11.3 Å². The highest BCUT2D eigenvalue weighted by Crippen LogP contribution is 2.20. The SMILES string of the molecule is COc1ccc(C#N)cc1COCCCc1ccccc1. The first kappa shape index (κ1) is 15.1. The third-order valence-electron chi connectivity index (χ3n) is 3.26. The van der Waals surface area contributed by atoms with Gasteiger partial charge in [0, 0.05) is 12.2 Å². The third-order valence-corrected chi connectivity index (χ3v) is 3.26. The Labute approximate surface area is 125 Å². The van der Waals surface area contributed by atoms with Crippen LogP contribution in [0.2, 0.25) is 0 Å². The molecule has 0 unspecified atom stereocenters. The average molecular weight is 281 g/mol. The largest absolute Gasteiger partial charge is 0.496 e. The Kier molecular flexibility index (Phi) is 5.81. The fraction of sp³-hybridized carbons (Fsp3) is 0.278. The molecule has 0 heterocycles. The molecule has 0 saturated carbocycles. The molecule has 0 fully saturated rings. The summed E-state index contributed by atoms with van der Waals surface area (Å²) in [5.41, 5.74) is 2.86. The van der Waals surface area contributed by atoms with Gasteiger partial charge in [0.2, 0.25) is 0 Å². The van der Waals surface area contributed by atoms with Crippen molar-refractivity contribution in [3.63, 3.8) is 0 Å². The van der Waals surface area contributed by atoms with Crippen LogP contribution < -0.4 is 4.74 Å². The van der Waals surface area contributed by atoms with E-state index in [2.05, 4.69) is 30.3 Å². The van der Waals surface area contributed by atoms with Crippen LogP contribution in [0.4, 0.5) is 0 Å². The summed E-state index contributed by atoms with van der Waals surface area (Å²) >= 11 is 0. The summed E-state index contributed by atoms with van der Waals surface area (Å²) in [6.45, 7) is 1.16. The van der Waals surface area contributed by atoms with Crippen LogP contribution in [-0.2, 0) is 17.8 Å². The van der Waals surface area contributed by atoms with Crippen LogP contribution in [0.1, 0.15) is 23.1 Å². The van der Waals surface area contributed by atoms with Gasteiger partial charge >= 0.3 is 0 Å². The Morgan fingerprint density at radius 1 is 1.10 bits per heavy atom. The molecule has 2 aromatic carbocycles. The van der Waals surface area contributed by atoms with Crippen LogP contribution in [0.3, 0.4) is 0 Å². The van der Waals surface area contributed by atoms with E-state index in [1.165, 1.54) is 5.56 Å². The summed E-state index contributed by atoms with van der Waals surface area (Å²) in [4.78, 5) is 0. The molecule has 0 aliphatic heterocycles. The van der Waals surface area contributed by atoms with Crippen molar-refractivity contribution in [2.24, 2.45) is 0 Å². The van der Waals surface area contributed by atoms with Gasteiger partial charge in [0.25, 0.3) is 0 Å². The maximum atomic E-state index is 8.93. The van der Waals surface area contributed by atoms with Gasteiger partial charge in [0.15, 0.2) is 0 Å². The maximum absolute atomic E-state index is 8.93. The number of benzene rings is 2. The number of ether oxygens (including phenoxy) is 2. The predicted octanol–water partition coefficient (Wildman–Crippen LogP) is 3.72. The molecule has 0 atom stereocenters. The van der Waals surface area contributed by atoms with Crippen molar-refractivity contribution in [3.05, 3.63) is 65.2 Å². The molecule has 3 nitrogen and oxygen atoms in total. The second-order valence-corrected chi connectivity index (χ2v) is 4.78. The molecule has 0 bridgehead atoms. The highest BCUT2D eigenvalue weighted by atomic mass is 16.5. The first-order valence-electron chi connectivity index (χ1n) is 7.02. The fourth-order valence-corrected chi connectivity index (χ4v) is 2.17. The van der Waals surface area contributed by atoms with Gasteiger partial charge in [-0.2, -0.15) is 5.26 Å². The first-order valence-corrected chi connectivity index (χ1v) is 7.02. The van der Waals surface area contributed by atoms with Crippen LogP contribution in [0.25, 0.3) is 0 Å². The number of rotatable bonds is 7. The lowest BCUT2D eigenvalue weighted by atomic mass is 10.1. The van der Waals surface area contributed by atoms with E-state index < -0.39 is 0 Å². The number of hydrogen-bond acceptors (Lipinski definition) is 3. The van der Waals surface area contributed by atoms with Crippen LogP contribution >= 0.6 is 0 Å². The molecular formula is C18H19NO2. The van der Waals surface area contributed by atoms with Crippen LogP contribution in [0.15, 0.2) is 48.5 Å². The van der Waals surface area contributed by atoms with E-state index in [1.54, 1.807) is 19.2 Å². The minimum Gasteiger partial charge on any atom is -0.496 e. The maximum Gasteiger partial charge on any atom is 0.124 e. The monoisotopic (exact) mass is 281 g/mol. The van der Waals surface area contributed by atoms with E-state index in [4.69, 9.17) is 14.7 Å². The summed E-state index contributed by atoms with van der Waals surface area (Å²) in [6.07, 6.45) is 1.99. The zero-order valence-electron chi connectivity index (χ0n) is 12.2. The standard InChI is InChI=1S/C18H19NO2/c1-20-18-10-9-16(13-19)12-17(18)14-21-11-5-8-15-6-3-2-4-7-15/h2-4,6-7,9-10,12H,5,8,11,14H2,1H3. The van der Waals surface area contributed by atoms with Gasteiger partial charge in [-0.1, -0.05) is 30.3 Å².